The Morgan fingerprint density at radius 2 is 1.78 bits per heavy atom. The Morgan fingerprint density at radius 1 is 0.973 bits per heavy atom. The number of carbonyl (C=O) groups excluding carboxylic acids is 1. The van der Waals surface area contributed by atoms with Crippen LogP contribution in [-0.2, 0) is 11.3 Å². The second kappa shape index (κ2) is 10.5. The molecule has 13 heteroatoms. The van der Waals surface area contributed by atoms with E-state index in [-0.39, 0.29) is 5.91 Å². The van der Waals surface area contributed by atoms with Gasteiger partial charge in [0, 0.05) is 56.3 Å². The van der Waals surface area contributed by atoms with Crippen LogP contribution in [0.3, 0.4) is 0 Å². The van der Waals surface area contributed by atoms with Crippen molar-refractivity contribution in [3.8, 4) is 17.2 Å². The fraction of sp³-hybridized carbons (Fsp3) is 0.333. The van der Waals surface area contributed by atoms with Gasteiger partial charge in [0.2, 0.25) is 17.6 Å². The molecule has 4 heterocycles. The first-order chi connectivity index (χ1) is 18.1. The van der Waals surface area contributed by atoms with Crippen molar-refractivity contribution >= 4 is 40.3 Å². The Bertz CT molecular complexity index is 1390. The topological polar surface area (TPSA) is 141 Å². The van der Waals surface area contributed by atoms with E-state index >= 15 is 0 Å². The van der Waals surface area contributed by atoms with E-state index in [1.807, 2.05) is 9.47 Å². The minimum absolute atomic E-state index is 0.175. The molecule has 0 spiro atoms. The van der Waals surface area contributed by atoms with Crippen LogP contribution in [0.1, 0.15) is 12.8 Å². The van der Waals surface area contributed by atoms with Gasteiger partial charge in [-0.1, -0.05) is 0 Å². The smallest absolute Gasteiger partial charge is 0.232 e. The maximum absolute atomic E-state index is 12.1. The molecule has 1 fully saturated rings. The van der Waals surface area contributed by atoms with Crippen LogP contribution in [-0.4, -0.2) is 74.7 Å². The average Bonchev–Trinajstić information content (AvgIpc) is 3.52. The van der Waals surface area contributed by atoms with Gasteiger partial charge in [-0.15, -0.1) is 0 Å². The number of hydrogen-bond donors (Lipinski definition) is 2. The molecular weight excluding hydrogens is 478 g/mol. The van der Waals surface area contributed by atoms with Crippen molar-refractivity contribution < 1.29 is 19.0 Å². The van der Waals surface area contributed by atoms with Gasteiger partial charge in [-0.2, -0.15) is 9.97 Å². The predicted octanol–water partition coefficient (Wildman–Crippen LogP) is 2.75. The Labute approximate surface area is 212 Å². The van der Waals surface area contributed by atoms with Gasteiger partial charge in [-0.05, 0) is 6.42 Å². The molecule has 5 rings (SSSR count). The first-order valence-corrected chi connectivity index (χ1v) is 11.7. The van der Waals surface area contributed by atoms with Gasteiger partial charge < -0.3 is 34.3 Å². The summed E-state index contributed by atoms with van der Waals surface area (Å²) >= 11 is 0. The number of hydrogen-bond acceptors (Lipinski definition) is 11. The molecule has 1 aliphatic heterocycles. The molecule has 1 amide bonds. The van der Waals surface area contributed by atoms with Crippen LogP contribution >= 0.6 is 0 Å². The quantitative estimate of drug-likeness (QED) is 0.328. The zero-order valence-corrected chi connectivity index (χ0v) is 20.8. The Hall–Kier alpha value is -4.68. The first-order valence-electron chi connectivity index (χ1n) is 11.7. The van der Waals surface area contributed by atoms with E-state index in [0.29, 0.717) is 71.2 Å². The number of ether oxygens (including phenoxy) is 3. The van der Waals surface area contributed by atoms with Gasteiger partial charge in [-0.25, -0.2) is 9.97 Å². The second-order valence-corrected chi connectivity index (χ2v) is 8.25. The fourth-order valence-electron chi connectivity index (χ4n) is 4.19. The lowest BCUT2D eigenvalue weighted by molar-refractivity contribution is -0.127. The lowest BCUT2D eigenvalue weighted by atomic mass is 10.2. The van der Waals surface area contributed by atoms with Crippen LogP contribution < -0.4 is 24.8 Å². The first kappa shape index (κ1) is 24.0. The van der Waals surface area contributed by atoms with Gasteiger partial charge in [0.05, 0.1) is 33.9 Å². The van der Waals surface area contributed by atoms with E-state index in [4.69, 9.17) is 14.2 Å². The molecule has 4 aromatic rings. The monoisotopic (exact) mass is 505 g/mol. The van der Waals surface area contributed by atoms with Crippen LogP contribution in [0.5, 0.6) is 17.2 Å². The van der Waals surface area contributed by atoms with Gasteiger partial charge in [0.15, 0.2) is 34.3 Å². The van der Waals surface area contributed by atoms with Gasteiger partial charge in [0.25, 0.3) is 0 Å². The second-order valence-electron chi connectivity index (χ2n) is 8.25. The molecule has 0 saturated carbocycles. The summed E-state index contributed by atoms with van der Waals surface area (Å²) in [6.45, 7) is 1.90. The van der Waals surface area contributed by atoms with Gasteiger partial charge in [0.1, 0.15) is 0 Å². The highest BCUT2D eigenvalue weighted by Gasteiger charge is 2.21. The molecule has 0 bridgehead atoms. The highest BCUT2D eigenvalue weighted by Crippen LogP contribution is 2.41. The lowest BCUT2D eigenvalue weighted by Crippen LogP contribution is -2.28. The van der Waals surface area contributed by atoms with E-state index in [1.54, 1.807) is 58.4 Å². The Kier molecular flexibility index (Phi) is 6.83. The number of imidazole rings is 1. The van der Waals surface area contributed by atoms with Crippen molar-refractivity contribution in [3.05, 3.63) is 37.1 Å². The zero-order valence-electron chi connectivity index (χ0n) is 20.8. The maximum atomic E-state index is 12.1. The zero-order chi connectivity index (χ0) is 25.8. The highest BCUT2D eigenvalue weighted by atomic mass is 16.5. The van der Waals surface area contributed by atoms with E-state index in [2.05, 4.69) is 35.6 Å². The number of rotatable bonds is 10. The number of methoxy groups -OCH3 is 3. The summed E-state index contributed by atoms with van der Waals surface area (Å²) in [5.41, 5.74) is 1.81. The van der Waals surface area contributed by atoms with Crippen molar-refractivity contribution in [1.82, 2.24) is 34.4 Å². The molecule has 0 radical (unpaired) electrons. The van der Waals surface area contributed by atoms with Crippen molar-refractivity contribution in [2.45, 2.75) is 19.4 Å². The summed E-state index contributed by atoms with van der Waals surface area (Å²) in [5, 5.41) is 6.40. The average molecular weight is 506 g/mol. The summed E-state index contributed by atoms with van der Waals surface area (Å²) < 4.78 is 18.3. The molecule has 13 nitrogen and oxygen atoms in total. The van der Waals surface area contributed by atoms with Crippen LogP contribution in [0.2, 0.25) is 0 Å². The minimum atomic E-state index is 0.175. The number of likely N-dealkylation sites (tertiary alicyclic amines) is 1. The molecule has 3 aromatic heterocycles. The molecule has 37 heavy (non-hydrogen) atoms. The summed E-state index contributed by atoms with van der Waals surface area (Å²) in [6, 6.07) is 3.56. The maximum Gasteiger partial charge on any atom is 0.232 e. The van der Waals surface area contributed by atoms with Gasteiger partial charge in [-0.3, -0.25) is 9.78 Å². The van der Waals surface area contributed by atoms with E-state index < -0.39 is 0 Å². The normalized spacial score (nSPS) is 13.2. The Morgan fingerprint density at radius 3 is 2.43 bits per heavy atom. The molecule has 192 valence electrons. The number of fused-ring (bicyclic) bond motifs is 1. The third-order valence-electron chi connectivity index (χ3n) is 5.98. The Balaban J connectivity index is 1.52. The number of amides is 1. The van der Waals surface area contributed by atoms with Crippen LogP contribution in [0.25, 0.3) is 11.2 Å². The molecule has 1 aromatic carbocycles. The molecular formula is C24H27N9O4. The predicted molar refractivity (Wildman–Crippen MR) is 136 cm³/mol. The number of anilines is 4. The molecule has 1 saturated heterocycles. The van der Waals surface area contributed by atoms with Crippen molar-refractivity contribution in [3.63, 3.8) is 0 Å². The lowest BCUT2D eigenvalue weighted by Gasteiger charge is -2.16. The molecule has 0 atom stereocenters. The molecule has 0 unspecified atom stereocenters. The van der Waals surface area contributed by atoms with Crippen LogP contribution in [0.4, 0.5) is 23.3 Å². The molecule has 1 aliphatic rings. The minimum Gasteiger partial charge on any atom is -0.493 e. The van der Waals surface area contributed by atoms with Crippen molar-refractivity contribution in [2.75, 3.05) is 45.1 Å². The number of benzene rings is 1. The number of carbonyl (C=O) groups is 1. The number of nitrogens with one attached hydrogen (secondary N) is 2. The van der Waals surface area contributed by atoms with E-state index in [1.165, 1.54) is 0 Å². The van der Waals surface area contributed by atoms with Crippen LogP contribution in [0.15, 0.2) is 37.1 Å². The molecule has 2 N–H and O–H groups in total. The third kappa shape index (κ3) is 5.01. The van der Waals surface area contributed by atoms with Crippen molar-refractivity contribution in [1.29, 1.82) is 0 Å². The van der Waals surface area contributed by atoms with Gasteiger partial charge >= 0.3 is 0 Å². The summed E-state index contributed by atoms with van der Waals surface area (Å²) in [6.07, 6.45) is 7.93. The molecule has 0 aliphatic carbocycles. The standard InChI is InChI=1S/C24H27N9O4/c1-35-16-11-15(12-17(36-2)21(16)37-3)28-22-20-23(31-24(30-22)29-18-13-25-6-7-26-18)33(14-27-20)10-9-32-8-4-5-19(32)34/h6-7,11-14H,4-5,8-10H2,1-3H3,(H2,26,28,29,30,31). The summed E-state index contributed by atoms with van der Waals surface area (Å²) in [4.78, 5) is 36.2. The summed E-state index contributed by atoms with van der Waals surface area (Å²) in [5.74, 6) is 2.91. The van der Waals surface area contributed by atoms with Crippen LogP contribution in [0, 0.1) is 0 Å². The summed E-state index contributed by atoms with van der Waals surface area (Å²) in [7, 11) is 4.66. The number of nitrogens with zero attached hydrogens (tertiary/aromatic N) is 7. The SMILES string of the molecule is COc1cc(Nc2nc(Nc3cnccn3)nc3c2ncn3CCN2CCCC2=O)cc(OC)c1OC. The fourth-order valence-corrected chi connectivity index (χ4v) is 4.19. The highest BCUT2D eigenvalue weighted by molar-refractivity contribution is 5.87. The largest absolute Gasteiger partial charge is 0.493 e. The van der Waals surface area contributed by atoms with Crippen molar-refractivity contribution in [2.24, 2.45) is 0 Å². The third-order valence-corrected chi connectivity index (χ3v) is 5.98. The van der Waals surface area contributed by atoms with E-state index in [0.717, 1.165) is 13.0 Å². The van der Waals surface area contributed by atoms with E-state index in [9.17, 15) is 4.79 Å². The number of aromatic nitrogens is 6.